The Morgan fingerprint density at radius 2 is 0.917 bits per heavy atom. The van der Waals surface area contributed by atoms with Crippen LogP contribution in [0, 0.1) is 0 Å². The van der Waals surface area contributed by atoms with E-state index in [0.29, 0.717) is 28.2 Å². The molecule has 0 saturated carbocycles. The Morgan fingerprint density at radius 3 is 1.48 bits per heavy atom. The molecule has 60 heavy (non-hydrogen) atoms. The molecule has 0 bridgehead atoms. The van der Waals surface area contributed by atoms with Crippen LogP contribution in [0.2, 0.25) is 0 Å². The number of halogens is 3. The summed E-state index contributed by atoms with van der Waals surface area (Å²) in [5.41, 5.74) is 8.79. The van der Waals surface area contributed by atoms with E-state index in [0.717, 1.165) is 50.6 Å². The van der Waals surface area contributed by atoms with Gasteiger partial charge in [-0.2, -0.15) is 13.2 Å². The fourth-order valence-corrected chi connectivity index (χ4v) is 8.72. The standard InChI is InChI=1S/C53H57F3O3S/c1-35(60(57,58)49-22-14-18-41(33-49)38-15-11-19-44(28-38)50(2,3)4)23-36-24-42(30-46(26-36)51(5,6)7)40-17-13-21-48(32-40)59-34-37-25-43(31-47(27-37)52(8,9)10)39-16-12-20-45(29-39)53(54,55)56/h11-22,24-33,35H,23,34H2,1-10H3. The molecule has 6 rings (SSSR count). The van der Waals surface area contributed by atoms with Crippen molar-refractivity contribution in [1.29, 1.82) is 0 Å². The quantitative estimate of drug-likeness (QED) is 0.138. The zero-order chi connectivity index (χ0) is 43.8. The van der Waals surface area contributed by atoms with Crippen LogP contribution in [0.15, 0.2) is 138 Å². The van der Waals surface area contributed by atoms with Gasteiger partial charge in [-0.3, -0.25) is 0 Å². The minimum atomic E-state index is -4.44. The molecule has 6 aromatic carbocycles. The molecule has 0 aliphatic rings. The highest BCUT2D eigenvalue weighted by molar-refractivity contribution is 7.92. The summed E-state index contributed by atoms with van der Waals surface area (Å²) < 4.78 is 75.6. The zero-order valence-electron chi connectivity index (χ0n) is 36.5. The molecule has 0 heterocycles. The second kappa shape index (κ2) is 16.7. The van der Waals surface area contributed by atoms with Crippen LogP contribution in [-0.2, 0) is 45.3 Å². The average Bonchev–Trinajstić information content (AvgIpc) is 3.19. The maximum Gasteiger partial charge on any atom is 0.416 e. The van der Waals surface area contributed by atoms with Crippen LogP contribution in [0.25, 0.3) is 33.4 Å². The first-order valence-corrected chi connectivity index (χ1v) is 22.1. The van der Waals surface area contributed by atoms with Crippen molar-refractivity contribution in [2.75, 3.05) is 0 Å². The molecule has 0 N–H and O–H groups in total. The second-order valence-electron chi connectivity index (χ2n) is 19.2. The van der Waals surface area contributed by atoms with E-state index in [1.807, 2.05) is 60.7 Å². The summed E-state index contributed by atoms with van der Waals surface area (Å²) >= 11 is 0. The van der Waals surface area contributed by atoms with Crippen molar-refractivity contribution in [3.05, 3.63) is 167 Å². The Labute approximate surface area is 355 Å². The molecule has 0 aliphatic heterocycles. The van der Waals surface area contributed by atoms with Crippen molar-refractivity contribution in [1.82, 2.24) is 0 Å². The minimum Gasteiger partial charge on any atom is -0.489 e. The van der Waals surface area contributed by atoms with Crippen LogP contribution in [-0.4, -0.2) is 13.7 Å². The van der Waals surface area contributed by atoms with E-state index in [4.69, 9.17) is 4.74 Å². The van der Waals surface area contributed by atoms with Crippen LogP contribution in [0.3, 0.4) is 0 Å². The summed E-state index contributed by atoms with van der Waals surface area (Å²) in [6, 6.07) is 41.1. The second-order valence-corrected chi connectivity index (χ2v) is 21.5. The van der Waals surface area contributed by atoms with Gasteiger partial charge in [0.05, 0.1) is 15.7 Å². The summed E-state index contributed by atoms with van der Waals surface area (Å²) in [6.07, 6.45) is -4.11. The smallest absolute Gasteiger partial charge is 0.416 e. The molecule has 6 aromatic rings. The lowest BCUT2D eigenvalue weighted by Crippen LogP contribution is -2.21. The molecule has 0 aromatic heterocycles. The van der Waals surface area contributed by atoms with E-state index >= 15 is 0 Å². The molecule has 0 aliphatic carbocycles. The molecule has 3 nitrogen and oxygen atoms in total. The van der Waals surface area contributed by atoms with Crippen molar-refractivity contribution >= 4 is 9.84 Å². The molecule has 1 atom stereocenters. The summed E-state index contributed by atoms with van der Waals surface area (Å²) in [6.45, 7) is 21.2. The van der Waals surface area contributed by atoms with E-state index < -0.39 is 26.8 Å². The van der Waals surface area contributed by atoms with Gasteiger partial charge >= 0.3 is 6.18 Å². The van der Waals surface area contributed by atoms with E-state index in [1.165, 1.54) is 17.7 Å². The minimum absolute atomic E-state index is 0.0345. The third-order valence-corrected chi connectivity index (χ3v) is 13.2. The predicted octanol–water partition coefficient (Wildman–Crippen LogP) is 14.6. The molecular formula is C53H57F3O3S. The number of rotatable bonds is 10. The Bertz CT molecular complexity index is 2600. The first-order chi connectivity index (χ1) is 27.9. The first-order valence-electron chi connectivity index (χ1n) is 20.5. The highest BCUT2D eigenvalue weighted by Crippen LogP contribution is 2.37. The number of sulfone groups is 1. The van der Waals surface area contributed by atoms with Gasteiger partial charge in [-0.25, -0.2) is 8.42 Å². The summed E-state index contributed by atoms with van der Waals surface area (Å²) in [5.74, 6) is 0.640. The Kier molecular flexibility index (Phi) is 12.4. The molecule has 0 fully saturated rings. The molecule has 7 heteroatoms. The van der Waals surface area contributed by atoms with Crippen molar-refractivity contribution < 1.29 is 26.3 Å². The molecule has 314 valence electrons. The van der Waals surface area contributed by atoms with Gasteiger partial charge in [0.15, 0.2) is 9.84 Å². The summed E-state index contributed by atoms with van der Waals surface area (Å²) in [5, 5.41) is -0.684. The Morgan fingerprint density at radius 1 is 0.483 bits per heavy atom. The number of hydrogen-bond acceptors (Lipinski definition) is 3. The van der Waals surface area contributed by atoms with E-state index in [1.54, 1.807) is 25.1 Å². The molecule has 0 saturated heterocycles. The normalized spacial score (nSPS) is 13.3. The number of hydrogen-bond donors (Lipinski definition) is 0. The molecule has 0 spiro atoms. The van der Waals surface area contributed by atoms with Crippen LogP contribution in [0.1, 0.15) is 103 Å². The van der Waals surface area contributed by atoms with Crippen molar-refractivity contribution in [3.63, 3.8) is 0 Å². The maximum absolute atomic E-state index is 14.2. The van der Waals surface area contributed by atoms with Gasteiger partial charge in [0.1, 0.15) is 12.4 Å². The Hall–Kier alpha value is -5.14. The Balaban J connectivity index is 1.27. The van der Waals surface area contributed by atoms with E-state index in [2.05, 4.69) is 98.7 Å². The zero-order valence-corrected chi connectivity index (χ0v) is 37.3. The van der Waals surface area contributed by atoms with Crippen LogP contribution < -0.4 is 4.74 Å². The SMILES string of the molecule is CC(Cc1cc(-c2cccc(OCc3cc(-c4cccc(C(F)(F)F)c4)cc(C(C)(C)C)c3)c2)cc(C(C)(C)C)c1)S(=O)(=O)c1cccc(-c2cccc(C(C)(C)C)c2)c1. The van der Waals surface area contributed by atoms with Crippen LogP contribution in [0.5, 0.6) is 5.75 Å². The number of benzene rings is 6. The van der Waals surface area contributed by atoms with Gasteiger partial charge in [0.25, 0.3) is 0 Å². The first kappa shape index (κ1) is 44.4. The lowest BCUT2D eigenvalue weighted by Gasteiger charge is -2.23. The van der Waals surface area contributed by atoms with Gasteiger partial charge in [-0.15, -0.1) is 0 Å². The van der Waals surface area contributed by atoms with Crippen LogP contribution >= 0.6 is 0 Å². The topological polar surface area (TPSA) is 43.4 Å². The number of alkyl halides is 3. The van der Waals surface area contributed by atoms with E-state index in [9.17, 15) is 21.6 Å². The fraction of sp³-hybridized carbons (Fsp3) is 0.321. The highest BCUT2D eigenvalue weighted by Gasteiger charge is 2.31. The number of ether oxygens (including phenoxy) is 1. The van der Waals surface area contributed by atoms with Crippen molar-refractivity contribution in [3.8, 4) is 39.1 Å². The van der Waals surface area contributed by atoms with Gasteiger partial charge in [-0.1, -0.05) is 153 Å². The lowest BCUT2D eigenvalue weighted by atomic mass is 9.83. The van der Waals surface area contributed by atoms with E-state index in [-0.39, 0.29) is 22.9 Å². The monoisotopic (exact) mass is 830 g/mol. The summed E-state index contributed by atoms with van der Waals surface area (Å²) in [4.78, 5) is 0.306. The largest absolute Gasteiger partial charge is 0.489 e. The molecular weight excluding hydrogens is 774 g/mol. The van der Waals surface area contributed by atoms with Gasteiger partial charge < -0.3 is 4.74 Å². The van der Waals surface area contributed by atoms with Crippen molar-refractivity contribution in [2.24, 2.45) is 0 Å². The third-order valence-electron chi connectivity index (χ3n) is 11.1. The third kappa shape index (κ3) is 10.6. The van der Waals surface area contributed by atoms with Crippen LogP contribution in [0.4, 0.5) is 13.2 Å². The average molecular weight is 831 g/mol. The van der Waals surface area contributed by atoms with Gasteiger partial charge in [0, 0.05) is 0 Å². The summed E-state index contributed by atoms with van der Waals surface area (Å²) in [7, 11) is -3.68. The molecule has 0 amide bonds. The molecule has 0 radical (unpaired) electrons. The van der Waals surface area contributed by atoms with Crippen molar-refractivity contribution in [2.45, 2.75) is 115 Å². The maximum atomic E-state index is 14.2. The van der Waals surface area contributed by atoms with Gasteiger partial charge in [0.2, 0.25) is 0 Å². The molecule has 1 unspecified atom stereocenters. The fourth-order valence-electron chi connectivity index (χ4n) is 7.28. The highest BCUT2D eigenvalue weighted by atomic mass is 32.2. The van der Waals surface area contributed by atoms with Gasteiger partial charge in [-0.05, 0) is 133 Å². The predicted molar refractivity (Wildman–Crippen MR) is 241 cm³/mol. The lowest BCUT2D eigenvalue weighted by molar-refractivity contribution is -0.137.